The monoisotopic (exact) mass is 466 g/mol. The molecule has 0 radical (unpaired) electrons. The van der Waals surface area contributed by atoms with Gasteiger partial charge in [-0.15, -0.1) is 11.3 Å². The molecule has 3 N–H and O–H groups in total. The fraction of sp³-hybridized carbons (Fsp3) is 0.375. The van der Waals surface area contributed by atoms with Gasteiger partial charge in [0.15, 0.2) is 0 Å². The Balaban J connectivity index is 1.54. The number of aliphatic hydroxyl groups excluding tert-OH is 1. The van der Waals surface area contributed by atoms with E-state index in [9.17, 15) is 14.7 Å². The number of ether oxygens (including phenoxy) is 1. The molecule has 3 heterocycles. The molecule has 33 heavy (non-hydrogen) atoms. The molecule has 3 amide bonds. The summed E-state index contributed by atoms with van der Waals surface area (Å²) in [5.74, 6) is 0.442. The lowest BCUT2D eigenvalue weighted by molar-refractivity contribution is 0.0878. The van der Waals surface area contributed by atoms with E-state index in [0.717, 1.165) is 35.2 Å². The number of rotatable bonds is 5. The number of pyridine rings is 1. The van der Waals surface area contributed by atoms with Gasteiger partial charge in [0.2, 0.25) is 0 Å². The van der Waals surface area contributed by atoms with Gasteiger partial charge in [-0.2, -0.15) is 0 Å². The first kappa shape index (κ1) is 21.7. The van der Waals surface area contributed by atoms with Crippen LogP contribution < -0.4 is 20.3 Å². The van der Waals surface area contributed by atoms with E-state index in [1.807, 2.05) is 39.0 Å². The highest BCUT2D eigenvalue weighted by Crippen LogP contribution is 2.46. The minimum atomic E-state index is -0.538. The number of urea groups is 1. The van der Waals surface area contributed by atoms with Crippen LogP contribution >= 0.6 is 11.3 Å². The van der Waals surface area contributed by atoms with Gasteiger partial charge in [0.25, 0.3) is 5.91 Å². The molecule has 0 saturated heterocycles. The number of hydrogen-bond donors (Lipinski definition) is 3. The minimum Gasteiger partial charge on any atom is -0.491 e. The molecule has 0 unspecified atom stereocenters. The summed E-state index contributed by atoms with van der Waals surface area (Å²) in [6, 6.07) is 6.80. The number of carbonyl (C=O) groups is 2. The van der Waals surface area contributed by atoms with Crippen molar-refractivity contribution in [1.29, 1.82) is 0 Å². The van der Waals surface area contributed by atoms with Crippen LogP contribution in [0.4, 0.5) is 21.9 Å². The molecule has 1 aliphatic carbocycles. The smallest absolute Gasteiger partial charge is 0.331 e. The van der Waals surface area contributed by atoms with Crippen LogP contribution in [0, 0.1) is 6.92 Å². The van der Waals surface area contributed by atoms with Crippen LogP contribution in [-0.2, 0) is 0 Å². The summed E-state index contributed by atoms with van der Waals surface area (Å²) < 4.78 is 5.78. The standard InChI is InChI=1S/C24H26N4O4S/c1-12(2)32-14-7-8-16(13(3)11-14)28-17-9-10-25-23-19(17)20(27-24(28)31)21(33-23)22(30)26-15-5-4-6-18(15)29/h7-12,15,18,29H,4-6H2,1-3H3,(H,26,30)(H,27,31)/t15-,18-/m1/s1. The Hall–Kier alpha value is -3.17. The highest BCUT2D eigenvalue weighted by atomic mass is 32.1. The van der Waals surface area contributed by atoms with E-state index in [1.165, 1.54) is 11.3 Å². The zero-order valence-electron chi connectivity index (χ0n) is 18.7. The molecule has 3 aromatic rings. The van der Waals surface area contributed by atoms with Gasteiger partial charge >= 0.3 is 6.03 Å². The third-order valence-electron chi connectivity index (χ3n) is 6.03. The Morgan fingerprint density at radius 2 is 2.12 bits per heavy atom. The first-order valence-corrected chi connectivity index (χ1v) is 11.9. The third-order valence-corrected chi connectivity index (χ3v) is 7.13. The molecule has 5 rings (SSSR count). The molecule has 2 aliphatic rings. The zero-order chi connectivity index (χ0) is 23.3. The van der Waals surface area contributed by atoms with Crippen molar-refractivity contribution >= 4 is 50.6 Å². The van der Waals surface area contributed by atoms with E-state index in [-0.39, 0.29) is 24.1 Å². The highest BCUT2D eigenvalue weighted by molar-refractivity contribution is 7.21. The highest BCUT2D eigenvalue weighted by Gasteiger charge is 2.34. The van der Waals surface area contributed by atoms with Crippen LogP contribution in [0.2, 0.25) is 0 Å². The summed E-state index contributed by atoms with van der Waals surface area (Å²) in [5, 5.41) is 16.7. The van der Waals surface area contributed by atoms with Crippen LogP contribution in [-0.4, -0.2) is 40.3 Å². The van der Waals surface area contributed by atoms with Crippen LogP contribution in [0.1, 0.15) is 48.3 Å². The van der Waals surface area contributed by atoms with Gasteiger partial charge in [0.1, 0.15) is 15.5 Å². The van der Waals surface area contributed by atoms with Crippen molar-refractivity contribution in [3.8, 4) is 5.75 Å². The minimum absolute atomic E-state index is 0.0524. The van der Waals surface area contributed by atoms with Crippen LogP contribution in [0.3, 0.4) is 0 Å². The predicted molar refractivity (Wildman–Crippen MR) is 129 cm³/mol. The molecule has 1 saturated carbocycles. The van der Waals surface area contributed by atoms with Gasteiger partial charge in [-0.1, -0.05) is 0 Å². The zero-order valence-corrected chi connectivity index (χ0v) is 19.5. The quantitative estimate of drug-likeness (QED) is 0.505. The van der Waals surface area contributed by atoms with Crippen molar-refractivity contribution in [1.82, 2.24) is 10.3 Å². The molecule has 0 bridgehead atoms. The molecule has 8 nitrogen and oxygen atoms in total. The molecule has 0 spiro atoms. The molecule has 1 fully saturated rings. The SMILES string of the molecule is Cc1cc(OC(C)C)ccc1N1C(=O)Nc2c(C(=O)N[C@@H]3CCC[C@H]3O)sc3nccc1c23. The van der Waals surface area contributed by atoms with E-state index >= 15 is 0 Å². The Kier molecular flexibility index (Phi) is 5.46. The molecule has 1 aliphatic heterocycles. The second-order valence-electron chi connectivity index (χ2n) is 8.78. The number of thiophene rings is 1. The summed E-state index contributed by atoms with van der Waals surface area (Å²) in [7, 11) is 0. The fourth-order valence-corrected chi connectivity index (χ4v) is 5.57. The average Bonchev–Trinajstić information content (AvgIpc) is 3.33. The van der Waals surface area contributed by atoms with Crippen LogP contribution in [0.5, 0.6) is 5.75 Å². The van der Waals surface area contributed by atoms with E-state index in [2.05, 4.69) is 15.6 Å². The maximum Gasteiger partial charge on any atom is 0.331 e. The molecule has 9 heteroatoms. The van der Waals surface area contributed by atoms with Crippen molar-refractivity contribution < 1.29 is 19.4 Å². The Morgan fingerprint density at radius 1 is 1.30 bits per heavy atom. The van der Waals surface area contributed by atoms with Gasteiger partial charge in [0.05, 0.1) is 40.7 Å². The van der Waals surface area contributed by atoms with Gasteiger partial charge in [-0.25, -0.2) is 9.78 Å². The van der Waals surface area contributed by atoms with Gasteiger partial charge in [-0.3, -0.25) is 9.69 Å². The largest absolute Gasteiger partial charge is 0.491 e. The molecule has 172 valence electrons. The van der Waals surface area contributed by atoms with Crippen molar-refractivity contribution in [3.63, 3.8) is 0 Å². The maximum absolute atomic E-state index is 13.3. The Bertz CT molecular complexity index is 1250. The summed E-state index contributed by atoms with van der Waals surface area (Å²) in [6.45, 7) is 5.87. The third kappa shape index (κ3) is 3.81. The van der Waals surface area contributed by atoms with Crippen molar-refractivity contribution in [3.05, 3.63) is 40.9 Å². The number of aryl methyl sites for hydroxylation is 1. The van der Waals surface area contributed by atoms with Crippen molar-refractivity contribution in [2.75, 3.05) is 10.2 Å². The lowest BCUT2D eigenvalue weighted by Crippen LogP contribution is -2.40. The predicted octanol–water partition coefficient (Wildman–Crippen LogP) is 4.72. The molecule has 1 aromatic carbocycles. The number of amides is 3. The first-order chi connectivity index (χ1) is 15.8. The molecular weight excluding hydrogens is 440 g/mol. The van der Waals surface area contributed by atoms with Gasteiger partial charge < -0.3 is 20.5 Å². The second kappa shape index (κ2) is 8.31. The normalized spacial score (nSPS) is 19.8. The maximum atomic E-state index is 13.3. The van der Waals surface area contributed by atoms with E-state index in [4.69, 9.17) is 4.74 Å². The summed E-state index contributed by atoms with van der Waals surface area (Å²) in [6.07, 6.45) is 3.47. The molecule has 2 atom stereocenters. The number of anilines is 3. The average molecular weight is 467 g/mol. The Morgan fingerprint density at radius 3 is 2.82 bits per heavy atom. The van der Waals surface area contributed by atoms with E-state index in [0.29, 0.717) is 27.5 Å². The Labute approximate surface area is 195 Å². The topological polar surface area (TPSA) is 104 Å². The lowest BCUT2D eigenvalue weighted by Gasteiger charge is -2.29. The number of benzene rings is 1. The summed E-state index contributed by atoms with van der Waals surface area (Å²) in [5.41, 5.74) is 2.77. The lowest BCUT2D eigenvalue weighted by atomic mass is 10.1. The number of nitrogens with one attached hydrogen (secondary N) is 2. The van der Waals surface area contributed by atoms with Gasteiger partial charge in [-0.05, 0) is 69.9 Å². The summed E-state index contributed by atoms with van der Waals surface area (Å²) in [4.78, 5) is 33.5. The first-order valence-electron chi connectivity index (χ1n) is 11.1. The second-order valence-corrected chi connectivity index (χ2v) is 9.77. The van der Waals surface area contributed by atoms with Crippen LogP contribution in [0.15, 0.2) is 30.5 Å². The van der Waals surface area contributed by atoms with Crippen molar-refractivity contribution in [2.45, 2.75) is 58.3 Å². The fourth-order valence-electron chi connectivity index (χ4n) is 4.55. The number of aliphatic hydroxyl groups is 1. The summed E-state index contributed by atoms with van der Waals surface area (Å²) >= 11 is 1.24. The van der Waals surface area contributed by atoms with Crippen molar-refractivity contribution in [2.24, 2.45) is 0 Å². The number of carbonyl (C=O) groups excluding carboxylic acids is 2. The van der Waals surface area contributed by atoms with Gasteiger partial charge in [0, 0.05) is 6.20 Å². The molecular formula is C24H26N4O4S. The molecule has 2 aromatic heterocycles. The van der Waals surface area contributed by atoms with E-state index in [1.54, 1.807) is 17.2 Å². The van der Waals surface area contributed by atoms with E-state index < -0.39 is 6.10 Å². The number of nitrogens with zero attached hydrogens (tertiary/aromatic N) is 2. The number of hydrogen-bond acceptors (Lipinski definition) is 6. The van der Waals surface area contributed by atoms with Crippen LogP contribution in [0.25, 0.3) is 10.2 Å². The number of aromatic nitrogens is 1.